The van der Waals surface area contributed by atoms with Crippen molar-refractivity contribution in [2.45, 2.75) is 6.04 Å². The Morgan fingerprint density at radius 1 is 1.73 bits per heavy atom. The third kappa shape index (κ3) is 2.70. The van der Waals surface area contributed by atoms with E-state index in [9.17, 15) is 9.59 Å². The van der Waals surface area contributed by atoms with E-state index < -0.39 is 6.04 Å². The first-order valence-electron chi connectivity index (χ1n) is 4.00. The van der Waals surface area contributed by atoms with Crippen LogP contribution in [-0.2, 0) is 4.79 Å². The van der Waals surface area contributed by atoms with Gasteiger partial charge >= 0.3 is 0 Å². The van der Waals surface area contributed by atoms with Gasteiger partial charge in [0.2, 0.25) is 5.91 Å². The third-order valence-electron chi connectivity index (χ3n) is 1.70. The number of anilines is 1. The second-order valence-corrected chi connectivity index (χ2v) is 6.16. The third-order valence-corrected chi connectivity index (χ3v) is 3.97. The largest absolute Gasteiger partial charge is 0.334 e. The van der Waals surface area contributed by atoms with Crippen molar-refractivity contribution in [1.29, 1.82) is 0 Å². The fraction of sp³-hybridized carbons (Fsp3) is 0.286. The number of hydrogen-bond acceptors (Lipinski definition) is 5. The molecule has 80 valence electrons. The predicted octanol–water partition coefficient (Wildman–Crippen LogP) is 1.67. The molecule has 15 heavy (non-hydrogen) atoms. The molecule has 1 atom stereocenters. The number of thiazole rings is 1. The van der Waals surface area contributed by atoms with Gasteiger partial charge in [-0.15, -0.1) is 0 Å². The predicted molar refractivity (Wildman–Crippen MR) is 63.2 cm³/mol. The van der Waals surface area contributed by atoms with E-state index in [-0.39, 0.29) is 11.1 Å². The first-order valence-corrected chi connectivity index (χ1v) is 6.60. The van der Waals surface area contributed by atoms with Crippen LogP contribution in [0.2, 0.25) is 0 Å². The number of halogens is 1. The molecule has 1 aromatic heterocycles. The first-order chi connectivity index (χ1) is 7.15. The molecule has 1 fully saturated rings. The first kappa shape index (κ1) is 10.9. The van der Waals surface area contributed by atoms with E-state index >= 15 is 0 Å². The van der Waals surface area contributed by atoms with E-state index in [1.165, 1.54) is 11.3 Å². The van der Waals surface area contributed by atoms with Crippen molar-refractivity contribution in [3.05, 3.63) is 9.98 Å². The standard InChI is InChI=1S/C7H6BrN3O2S2/c8-4-1-9-6(15-4)11-5(12)3-2-14-7(13)10-3/h1,3H,2H2,(H,10,13)(H,9,11,12). The van der Waals surface area contributed by atoms with Gasteiger partial charge in [0.05, 0.1) is 9.98 Å². The lowest BCUT2D eigenvalue weighted by Crippen LogP contribution is -2.38. The van der Waals surface area contributed by atoms with Crippen LogP contribution in [0.25, 0.3) is 0 Å². The fourth-order valence-corrected chi connectivity index (χ4v) is 2.92. The average Bonchev–Trinajstić information content (AvgIpc) is 2.75. The summed E-state index contributed by atoms with van der Waals surface area (Å²) in [6.07, 6.45) is 1.61. The van der Waals surface area contributed by atoms with Crippen LogP contribution in [0.1, 0.15) is 0 Å². The molecule has 2 amide bonds. The zero-order valence-electron chi connectivity index (χ0n) is 7.32. The van der Waals surface area contributed by atoms with E-state index in [1.807, 2.05) is 0 Å². The summed E-state index contributed by atoms with van der Waals surface area (Å²) in [5.74, 6) is 0.243. The Kier molecular flexibility index (Phi) is 3.27. The molecule has 1 aromatic rings. The van der Waals surface area contributed by atoms with Gasteiger partial charge in [-0.1, -0.05) is 23.1 Å². The number of hydrogen-bond donors (Lipinski definition) is 2. The van der Waals surface area contributed by atoms with Crippen molar-refractivity contribution in [2.75, 3.05) is 11.1 Å². The van der Waals surface area contributed by atoms with Crippen LogP contribution in [0.4, 0.5) is 9.93 Å². The van der Waals surface area contributed by atoms with Gasteiger partial charge in [0, 0.05) is 5.75 Å². The highest BCUT2D eigenvalue weighted by molar-refractivity contribution is 9.11. The zero-order chi connectivity index (χ0) is 10.8. The van der Waals surface area contributed by atoms with E-state index in [4.69, 9.17) is 0 Å². The topological polar surface area (TPSA) is 71.1 Å². The maximum Gasteiger partial charge on any atom is 0.279 e. The van der Waals surface area contributed by atoms with Crippen molar-refractivity contribution in [3.8, 4) is 0 Å². The quantitative estimate of drug-likeness (QED) is 0.872. The van der Waals surface area contributed by atoms with Crippen LogP contribution >= 0.6 is 39.0 Å². The Hall–Kier alpha value is -0.600. The lowest BCUT2D eigenvalue weighted by Gasteiger charge is -2.07. The molecule has 1 saturated heterocycles. The van der Waals surface area contributed by atoms with Gasteiger partial charge in [-0.3, -0.25) is 9.59 Å². The molecule has 5 nitrogen and oxygen atoms in total. The molecular weight excluding hydrogens is 302 g/mol. The minimum absolute atomic E-state index is 0.157. The highest BCUT2D eigenvalue weighted by Gasteiger charge is 2.28. The Balaban J connectivity index is 1.95. The van der Waals surface area contributed by atoms with Crippen LogP contribution in [-0.4, -0.2) is 27.9 Å². The Morgan fingerprint density at radius 3 is 3.07 bits per heavy atom. The molecule has 2 heterocycles. The van der Waals surface area contributed by atoms with Gasteiger partial charge in [0.25, 0.3) is 5.24 Å². The van der Waals surface area contributed by atoms with Gasteiger partial charge in [-0.05, 0) is 15.9 Å². The molecule has 0 spiro atoms. The summed E-state index contributed by atoms with van der Waals surface area (Å²) >= 11 is 5.69. The number of rotatable bonds is 2. The van der Waals surface area contributed by atoms with Crippen molar-refractivity contribution in [1.82, 2.24) is 10.3 Å². The van der Waals surface area contributed by atoms with Crippen LogP contribution in [0, 0.1) is 0 Å². The van der Waals surface area contributed by atoms with E-state index in [2.05, 4.69) is 31.5 Å². The highest BCUT2D eigenvalue weighted by atomic mass is 79.9. The van der Waals surface area contributed by atoms with Crippen LogP contribution in [0.3, 0.4) is 0 Å². The van der Waals surface area contributed by atoms with Gasteiger partial charge in [0.1, 0.15) is 6.04 Å². The molecule has 1 aliphatic heterocycles. The minimum atomic E-state index is -0.454. The van der Waals surface area contributed by atoms with Gasteiger partial charge in [0.15, 0.2) is 5.13 Å². The Labute approximate surface area is 102 Å². The van der Waals surface area contributed by atoms with Crippen molar-refractivity contribution in [2.24, 2.45) is 0 Å². The van der Waals surface area contributed by atoms with Crippen molar-refractivity contribution in [3.63, 3.8) is 0 Å². The molecule has 0 bridgehead atoms. The zero-order valence-corrected chi connectivity index (χ0v) is 10.5. The number of thioether (sulfide) groups is 1. The number of amides is 2. The Morgan fingerprint density at radius 2 is 2.53 bits per heavy atom. The van der Waals surface area contributed by atoms with E-state index in [0.29, 0.717) is 10.9 Å². The summed E-state index contributed by atoms with van der Waals surface area (Å²) in [6, 6.07) is -0.454. The summed E-state index contributed by atoms with van der Waals surface area (Å²) in [4.78, 5) is 26.4. The number of nitrogens with zero attached hydrogens (tertiary/aromatic N) is 1. The normalized spacial score (nSPS) is 20.1. The van der Waals surface area contributed by atoms with Gasteiger partial charge < -0.3 is 10.6 Å². The molecule has 2 N–H and O–H groups in total. The average molecular weight is 308 g/mol. The molecule has 0 radical (unpaired) electrons. The highest BCUT2D eigenvalue weighted by Crippen LogP contribution is 2.23. The van der Waals surface area contributed by atoms with Crippen molar-refractivity contribution < 1.29 is 9.59 Å². The summed E-state index contributed by atoms with van der Waals surface area (Å²) in [5.41, 5.74) is 0. The number of carbonyl (C=O) groups is 2. The maximum absolute atomic E-state index is 11.6. The molecule has 1 unspecified atom stereocenters. The monoisotopic (exact) mass is 307 g/mol. The smallest absolute Gasteiger partial charge is 0.279 e. The lowest BCUT2D eigenvalue weighted by molar-refractivity contribution is -0.117. The molecule has 0 aromatic carbocycles. The van der Waals surface area contributed by atoms with Gasteiger partial charge in [-0.2, -0.15) is 0 Å². The fourth-order valence-electron chi connectivity index (χ4n) is 1.03. The Bertz CT molecular complexity index is 409. The van der Waals surface area contributed by atoms with Crippen molar-refractivity contribution >= 4 is 55.3 Å². The van der Waals surface area contributed by atoms with Crippen LogP contribution in [0.15, 0.2) is 9.98 Å². The molecule has 1 aliphatic rings. The summed E-state index contributed by atoms with van der Waals surface area (Å²) in [7, 11) is 0. The molecular formula is C7H6BrN3O2S2. The SMILES string of the molecule is O=C1NC(C(=O)Nc2ncc(Br)s2)CS1. The second kappa shape index (κ2) is 4.50. The summed E-state index contributed by atoms with van der Waals surface area (Å²) in [6.45, 7) is 0. The van der Waals surface area contributed by atoms with Crippen LogP contribution < -0.4 is 10.6 Å². The number of nitrogens with one attached hydrogen (secondary N) is 2. The summed E-state index contributed by atoms with van der Waals surface area (Å²) < 4.78 is 0.850. The molecule has 2 rings (SSSR count). The second-order valence-electron chi connectivity index (χ2n) is 2.75. The molecule has 0 aliphatic carbocycles. The maximum atomic E-state index is 11.6. The number of carbonyl (C=O) groups excluding carboxylic acids is 2. The van der Waals surface area contributed by atoms with E-state index in [0.717, 1.165) is 15.5 Å². The van der Waals surface area contributed by atoms with E-state index in [1.54, 1.807) is 6.20 Å². The molecule has 0 saturated carbocycles. The summed E-state index contributed by atoms with van der Waals surface area (Å²) in [5, 5.41) is 5.56. The number of aromatic nitrogens is 1. The van der Waals surface area contributed by atoms with Gasteiger partial charge in [-0.25, -0.2) is 4.98 Å². The van der Waals surface area contributed by atoms with Crippen LogP contribution in [0.5, 0.6) is 0 Å². The minimum Gasteiger partial charge on any atom is -0.334 e. The molecule has 8 heteroatoms. The lowest BCUT2D eigenvalue weighted by atomic mass is 10.3.